The molecule has 3 aliphatic rings. The lowest BCUT2D eigenvalue weighted by molar-refractivity contribution is -0.257. The van der Waals surface area contributed by atoms with Crippen molar-refractivity contribution in [3.63, 3.8) is 0 Å². The largest absolute Gasteiger partial charge is 0.461 e. The Morgan fingerprint density at radius 1 is 1.05 bits per heavy atom. The van der Waals surface area contributed by atoms with E-state index in [1.165, 1.54) is 20.8 Å². The van der Waals surface area contributed by atoms with E-state index in [4.69, 9.17) is 23.7 Å². The molecular formula is C31H44O9. The van der Waals surface area contributed by atoms with Crippen LogP contribution < -0.4 is 0 Å². The smallest absolute Gasteiger partial charge is 0.309 e. The number of hydrogen-bond acceptors (Lipinski definition) is 9. The fourth-order valence-electron chi connectivity index (χ4n) is 6.61. The van der Waals surface area contributed by atoms with Gasteiger partial charge in [0, 0.05) is 26.3 Å². The van der Waals surface area contributed by atoms with Crippen molar-refractivity contribution in [1.29, 1.82) is 0 Å². The second-order valence-electron chi connectivity index (χ2n) is 11.7. The van der Waals surface area contributed by atoms with Gasteiger partial charge >= 0.3 is 23.9 Å². The Balaban J connectivity index is 2.30. The molecule has 222 valence electrons. The first-order valence-corrected chi connectivity index (χ1v) is 14.1. The fraction of sp³-hybridized carbons (Fsp3) is 0.677. The first-order chi connectivity index (χ1) is 18.7. The van der Waals surface area contributed by atoms with Crippen molar-refractivity contribution in [3.05, 3.63) is 36.0 Å². The molecule has 2 fully saturated rings. The molecule has 0 aromatic rings. The van der Waals surface area contributed by atoms with Gasteiger partial charge in [0.05, 0.1) is 5.92 Å². The van der Waals surface area contributed by atoms with E-state index in [-0.39, 0.29) is 23.7 Å². The Morgan fingerprint density at radius 3 is 2.23 bits per heavy atom. The molecule has 40 heavy (non-hydrogen) atoms. The first kappa shape index (κ1) is 31.6. The predicted molar refractivity (Wildman–Crippen MR) is 146 cm³/mol. The average Bonchev–Trinajstić information content (AvgIpc) is 3.16. The second kappa shape index (κ2) is 12.3. The van der Waals surface area contributed by atoms with Crippen molar-refractivity contribution in [2.24, 2.45) is 28.6 Å². The molecule has 0 N–H and O–H groups in total. The van der Waals surface area contributed by atoms with Crippen LogP contribution in [0, 0.1) is 28.6 Å². The Bertz CT molecular complexity index is 1090. The number of esters is 4. The minimum absolute atomic E-state index is 0.0392. The maximum atomic E-state index is 12.9. The molecule has 9 heteroatoms. The van der Waals surface area contributed by atoms with Crippen molar-refractivity contribution in [2.45, 2.75) is 106 Å². The summed E-state index contributed by atoms with van der Waals surface area (Å²) >= 11 is 0. The van der Waals surface area contributed by atoms with Crippen molar-refractivity contribution in [2.75, 3.05) is 0 Å². The van der Waals surface area contributed by atoms with Gasteiger partial charge in [0.15, 0.2) is 0 Å². The Kier molecular flexibility index (Phi) is 9.70. The van der Waals surface area contributed by atoms with Crippen molar-refractivity contribution in [1.82, 2.24) is 0 Å². The SMILES string of the molecule is C=C/C(C)=C/C[C@@]1(C)[C@@H](C)C[C@@H](OC(C)=O)C23C(=CC(OC(=O)C(C)CC)C[C@@H]21)[C@H](OC(C)=O)O[C@@H]3OC(C)=O. The molecule has 1 aliphatic heterocycles. The standard InChI is InChI=1S/C31H44O9/c1-10-17(3)12-13-30(9)19(5)14-26(36-20(6)32)31-24(28(37-21(7)33)40-29(31)38-22(8)34)15-23(16-25(30)31)39-27(35)18(4)11-2/h10,12,15,18-19,23,25-26,28-29H,1,11,13-14,16H2,2-9H3/b17-12+/t18?,19-,23?,25+,26+,28+,29-,30-,31?/m0/s1. The predicted octanol–water partition coefficient (Wildman–Crippen LogP) is 5.19. The van der Waals surface area contributed by atoms with Gasteiger partial charge in [-0.05, 0) is 55.9 Å². The summed E-state index contributed by atoms with van der Waals surface area (Å²) in [5.74, 6) is -2.62. The van der Waals surface area contributed by atoms with Crippen LogP contribution in [-0.4, -0.2) is 48.7 Å². The average molecular weight is 561 g/mol. The van der Waals surface area contributed by atoms with Crippen LogP contribution in [0.4, 0.5) is 0 Å². The maximum absolute atomic E-state index is 12.9. The molecule has 0 amide bonds. The zero-order valence-electron chi connectivity index (χ0n) is 25.0. The van der Waals surface area contributed by atoms with E-state index in [9.17, 15) is 19.2 Å². The normalized spacial score (nSPS) is 35.8. The van der Waals surface area contributed by atoms with E-state index < -0.39 is 53.5 Å². The third-order valence-corrected chi connectivity index (χ3v) is 9.15. The van der Waals surface area contributed by atoms with Gasteiger partial charge in [-0.25, -0.2) is 0 Å². The van der Waals surface area contributed by atoms with Gasteiger partial charge in [-0.2, -0.15) is 0 Å². The molecule has 1 saturated heterocycles. The van der Waals surface area contributed by atoms with Gasteiger partial charge in [0.2, 0.25) is 12.6 Å². The Hall–Kier alpha value is -2.94. The summed E-state index contributed by atoms with van der Waals surface area (Å²) in [6, 6.07) is 0. The monoisotopic (exact) mass is 560 g/mol. The maximum Gasteiger partial charge on any atom is 0.309 e. The molecule has 9 nitrogen and oxygen atoms in total. The number of allylic oxidation sites excluding steroid dienone is 3. The van der Waals surface area contributed by atoms with Crippen LogP contribution in [0.2, 0.25) is 0 Å². The van der Waals surface area contributed by atoms with Crippen LogP contribution >= 0.6 is 0 Å². The third-order valence-electron chi connectivity index (χ3n) is 9.15. The third kappa shape index (κ3) is 5.90. The summed E-state index contributed by atoms with van der Waals surface area (Å²) < 4.78 is 29.5. The second-order valence-corrected chi connectivity index (χ2v) is 11.7. The summed E-state index contributed by atoms with van der Waals surface area (Å²) in [5.41, 5.74) is -0.128. The number of ether oxygens (including phenoxy) is 5. The van der Waals surface area contributed by atoms with E-state index in [0.717, 1.165) is 5.57 Å². The lowest BCUT2D eigenvalue weighted by Crippen LogP contribution is -2.64. The highest BCUT2D eigenvalue weighted by Gasteiger charge is 2.72. The summed E-state index contributed by atoms with van der Waals surface area (Å²) in [6.45, 7) is 17.7. The van der Waals surface area contributed by atoms with Gasteiger partial charge in [-0.15, -0.1) is 0 Å². The van der Waals surface area contributed by atoms with Gasteiger partial charge < -0.3 is 18.9 Å². The molecule has 1 saturated carbocycles. The minimum Gasteiger partial charge on any atom is -0.461 e. The zero-order chi connectivity index (χ0) is 30.0. The minimum atomic E-state index is -1.21. The molecule has 0 radical (unpaired) electrons. The molecule has 3 unspecified atom stereocenters. The van der Waals surface area contributed by atoms with Crippen LogP contribution in [0.15, 0.2) is 36.0 Å². The van der Waals surface area contributed by atoms with Crippen molar-refractivity contribution >= 4 is 23.9 Å². The molecular weight excluding hydrogens is 516 g/mol. The highest BCUT2D eigenvalue weighted by atomic mass is 16.8. The van der Waals surface area contributed by atoms with Crippen LogP contribution in [0.1, 0.15) is 81.1 Å². The number of carbonyl (C=O) groups excluding carboxylic acids is 4. The summed E-state index contributed by atoms with van der Waals surface area (Å²) in [4.78, 5) is 49.9. The quantitative estimate of drug-likeness (QED) is 0.163. The first-order valence-electron chi connectivity index (χ1n) is 14.1. The highest BCUT2D eigenvalue weighted by Crippen LogP contribution is 2.67. The van der Waals surface area contributed by atoms with Crippen LogP contribution in [-0.2, 0) is 42.9 Å². The zero-order valence-corrected chi connectivity index (χ0v) is 25.0. The molecule has 0 bridgehead atoms. The Morgan fingerprint density at radius 2 is 1.68 bits per heavy atom. The summed E-state index contributed by atoms with van der Waals surface area (Å²) in [5, 5.41) is 0. The van der Waals surface area contributed by atoms with Gasteiger partial charge in [-0.1, -0.05) is 52.0 Å². The molecule has 1 heterocycles. The van der Waals surface area contributed by atoms with E-state index in [0.29, 0.717) is 31.3 Å². The van der Waals surface area contributed by atoms with Crippen molar-refractivity contribution < 1.29 is 42.9 Å². The van der Waals surface area contributed by atoms with Gasteiger partial charge in [0.1, 0.15) is 17.6 Å². The van der Waals surface area contributed by atoms with Crippen LogP contribution in [0.25, 0.3) is 0 Å². The molecule has 0 aromatic heterocycles. The highest BCUT2D eigenvalue weighted by molar-refractivity contribution is 5.72. The lowest BCUT2D eigenvalue weighted by Gasteiger charge is -2.60. The molecule has 0 aromatic carbocycles. The molecule has 1 spiro atoms. The lowest BCUT2D eigenvalue weighted by atomic mass is 9.45. The van der Waals surface area contributed by atoms with E-state index in [1.807, 2.05) is 20.8 Å². The van der Waals surface area contributed by atoms with E-state index >= 15 is 0 Å². The van der Waals surface area contributed by atoms with Gasteiger partial charge in [-0.3, -0.25) is 23.9 Å². The summed E-state index contributed by atoms with van der Waals surface area (Å²) in [6.07, 6.45) is 3.92. The topological polar surface area (TPSA) is 114 Å². The summed E-state index contributed by atoms with van der Waals surface area (Å²) in [7, 11) is 0. The molecule has 3 rings (SSSR count). The number of carbonyl (C=O) groups is 4. The molecule has 9 atom stereocenters. The number of rotatable bonds is 9. The van der Waals surface area contributed by atoms with Crippen molar-refractivity contribution in [3.8, 4) is 0 Å². The fourth-order valence-corrected chi connectivity index (χ4v) is 6.61. The molecule has 2 aliphatic carbocycles. The Labute approximate surface area is 237 Å². The number of hydrogen-bond donors (Lipinski definition) is 0. The van der Waals surface area contributed by atoms with Crippen LogP contribution in [0.3, 0.4) is 0 Å². The van der Waals surface area contributed by atoms with Gasteiger partial charge in [0.25, 0.3) is 0 Å². The van der Waals surface area contributed by atoms with Crippen LogP contribution in [0.5, 0.6) is 0 Å². The van der Waals surface area contributed by atoms with E-state index in [1.54, 1.807) is 12.2 Å². The van der Waals surface area contributed by atoms with E-state index in [2.05, 4.69) is 26.5 Å².